The van der Waals surface area contributed by atoms with Gasteiger partial charge in [-0.05, 0) is 35.7 Å². The molecule has 0 heterocycles. The summed E-state index contributed by atoms with van der Waals surface area (Å²) in [5.74, 6) is -2.01. The van der Waals surface area contributed by atoms with E-state index < -0.39 is 16.8 Å². The van der Waals surface area contributed by atoms with E-state index in [0.29, 0.717) is 21.2 Å². The van der Waals surface area contributed by atoms with E-state index in [9.17, 15) is 20.0 Å². The summed E-state index contributed by atoms with van der Waals surface area (Å²) in [5, 5.41) is 20.9. The molecular formula is C15H11Cl2NO4. The normalized spacial score (nSPS) is 11.9. The highest BCUT2D eigenvalue weighted by molar-refractivity contribution is 6.33. The summed E-state index contributed by atoms with van der Waals surface area (Å²) < 4.78 is 0. The number of rotatable bonds is 5. The molecule has 114 valence electrons. The lowest BCUT2D eigenvalue weighted by Crippen LogP contribution is -2.15. The van der Waals surface area contributed by atoms with Crippen LogP contribution in [0.1, 0.15) is 17.0 Å². The van der Waals surface area contributed by atoms with Crippen molar-refractivity contribution in [3.05, 3.63) is 73.8 Å². The number of carboxylic acid groups (broad SMARTS) is 1. The molecule has 0 fully saturated rings. The average Bonchev–Trinajstić information content (AvgIpc) is 2.47. The summed E-state index contributed by atoms with van der Waals surface area (Å²) >= 11 is 11.9. The molecule has 0 aliphatic heterocycles. The molecule has 0 aromatic heterocycles. The molecule has 0 bridgehead atoms. The Kier molecular flexibility index (Phi) is 5.00. The smallest absolute Gasteiger partial charge is 0.311 e. The summed E-state index contributed by atoms with van der Waals surface area (Å²) in [5.41, 5.74) is 0.838. The lowest BCUT2D eigenvalue weighted by atomic mass is 9.92. The van der Waals surface area contributed by atoms with Crippen LogP contribution in [0.4, 0.5) is 5.69 Å². The van der Waals surface area contributed by atoms with E-state index in [0.717, 1.165) is 0 Å². The minimum absolute atomic E-state index is 0.0804. The van der Waals surface area contributed by atoms with Crippen LogP contribution in [0.15, 0.2) is 42.5 Å². The van der Waals surface area contributed by atoms with Crippen molar-refractivity contribution >= 4 is 34.9 Å². The fourth-order valence-corrected chi connectivity index (χ4v) is 2.57. The zero-order valence-corrected chi connectivity index (χ0v) is 12.7. The minimum Gasteiger partial charge on any atom is -0.481 e. The Morgan fingerprint density at radius 2 is 1.95 bits per heavy atom. The van der Waals surface area contributed by atoms with Crippen molar-refractivity contribution in [2.75, 3.05) is 0 Å². The maximum absolute atomic E-state index is 11.6. The molecule has 0 saturated heterocycles. The lowest BCUT2D eigenvalue weighted by Gasteiger charge is -2.15. The zero-order valence-electron chi connectivity index (χ0n) is 11.2. The van der Waals surface area contributed by atoms with Gasteiger partial charge in [0.15, 0.2) is 0 Å². The van der Waals surface area contributed by atoms with Crippen molar-refractivity contribution < 1.29 is 14.8 Å². The number of nitro groups is 1. The first-order chi connectivity index (χ1) is 10.4. The maximum Gasteiger partial charge on any atom is 0.311 e. The van der Waals surface area contributed by atoms with Crippen LogP contribution in [0.3, 0.4) is 0 Å². The second-order valence-electron chi connectivity index (χ2n) is 4.69. The predicted molar refractivity (Wildman–Crippen MR) is 83.6 cm³/mol. The van der Waals surface area contributed by atoms with Gasteiger partial charge in [-0.25, -0.2) is 0 Å². The van der Waals surface area contributed by atoms with Crippen molar-refractivity contribution in [1.29, 1.82) is 0 Å². The van der Waals surface area contributed by atoms with Crippen LogP contribution in [-0.4, -0.2) is 16.0 Å². The molecule has 1 atom stereocenters. The van der Waals surface area contributed by atoms with Gasteiger partial charge in [0.05, 0.1) is 10.8 Å². The second-order valence-corrected chi connectivity index (χ2v) is 5.53. The molecular weight excluding hydrogens is 329 g/mol. The molecule has 7 heteroatoms. The first-order valence-electron chi connectivity index (χ1n) is 6.29. The predicted octanol–water partition coefficient (Wildman–Crippen LogP) is 4.31. The SMILES string of the molecule is O=C(O)C(Cc1cccc([N+](=O)[O-])c1)c1cc(Cl)ccc1Cl. The summed E-state index contributed by atoms with van der Waals surface area (Å²) in [7, 11) is 0. The van der Waals surface area contributed by atoms with Gasteiger partial charge in [0.2, 0.25) is 0 Å². The fourth-order valence-electron chi connectivity index (χ4n) is 2.14. The zero-order chi connectivity index (χ0) is 16.3. The molecule has 1 unspecified atom stereocenters. The summed E-state index contributed by atoms with van der Waals surface area (Å²) in [6.07, 6.45) is 0.0804. The van der Waals surface area contributed by atoms with E-state index in [2.05, 4.69) is 0 Å². The maximum atomic E-state index is 11.6. The molecule has 2 aromatic rings. The van der Waals surface area contributed by atoms with Crippen LogP contribution < -0.4 is 0 Å². The van der Waals surface area contributed by atoms with Crippen LogP contribution in [0, 0.1) is 10.1 Å². The number of carboxylic acids is 1. The molecule has 0 amide bonds. The average molecular weight is 340 g/mol. The van der Waals surface area contributed by atoms with Crippen molar-refractivity contribution in [2.45, 2.75) is 12.3 Å². The van der Waals surface area contributed by atoms with E-state index in [-0.39, 0.29) is 12.1 Å². The highest BCUT2D eigenvalue weighted by Crippen LogP contribution is 2.31. The van der Waals surface area contributed by atoms with Gasteiger partial charge in [-0.1, -0.05) is 35.3 Å². The van der Waals surface area contributed by atoms with E-state index in [1.54, 1.807) is 12.1 Å². The van der Waals surface area contributed by atoms with Gasteiger partial charge in [0.1, 0.15) is 0 Å². The number of aliphatic carboxylic acids is 1. The number of benzene rings is 2. The first-order valence-corrected chi connectivity index (χ1v) is 7.05. The van der Waals surface area contributed by atoms with Crippen LogP contribution in [-0.2, 0) is 11.2 Å². The first kappa shape index (κ1) is 16.3. The highest BCUT2D eigenvalue weighted by Gasteiger charge is 2.24. The highest BCUT2D eigenvalue weighted by atomic mass is 35.5. The molecule has 0 spiro atoms. The topological polar surface area (TPSA) is 80.4 Å². The van der Waals surface area contributed by atoms with Gasteiger partial charge in [-0.2, -0.15) is 0 Å². The van der Waals surface area contributed by atoms with Crippen LogP contribution in [0.2, 0.25) is 10.0 Å². The monoisotopic (exact) mass is 339 g/mol. The van der Waals surface area contributed by atoms with E-state index in [4.69, 9.17) is 23.2 Å². The molecule has 0 saturated carbocycles. The minimum atomic E-state index is -1.07. The Balaban J connectivity index is 2.38. The number of non-ortho nitro benzene ring substituents is 1. The van der Waals surface area contributed by atoms with Gasteiger partial charge in [0.25, 0.3) is 5.69 Å². The molecule has 2 rings (SSSR count). The molecule has 1 N–H and O–H groups in total. The van der Waals surface area contributed by atoms with Crippen LogP contribution in [0.25, 0.3) is 0 Å². The number of carbonyl (C=O) groups is 1. The van der Waals surface area contributed by atoms with Crippen molar-refractivity contribution in [3.63, 3.8) is 0 Å². The summed E-state index contributed by atoms with van der Waals surface area (Å²) in [6.45, 7) is 0. The fraction of sp³-hybridized carbons (Fsp3) is 0.133. The van der Waals surface area contributed by atoms with Crippen molar-refractivity contribution in [3.8, 4) is 0 Å². The van der Waals surface area contributed by atoms with Gasteiger partial charge in [0, 0.05) is 22.2 Å². The molecule has 0 aliphatic rings. The standard InChI is InChI=1S/C15H11Cl2NO4/c16-10-4-5-14(17)12(8-10)13(15(19)20)7-9-2-1-3-11(6-9)18(21)22/h1-6,8,13H,7H2,(H,19,20). The second kappa shape index (κ2) is 6.77. The summed E-state index contributed by atoms with van der Waals surface area (Å²) in [6, 6.07) is 10.5. The van der Waals surface area contributed by atoms with Crippen LogP contribution >= 0.6 is 23.2 Å². The number of hydrogen-bond donors (Lipinski definition) is 1. The van der Waals surface area contributed by atoms with Crippen LogP contribution in [0.5, 0.6) is 0 Å². The number of hydrogen-bond acceptors (Lipinski definition) is 3. The lowest BCUT2D eigenvalue weighted by molar-refractivity contribution is -0.384. The Morgan fingerprint density at radius 3 is 2.59 bits per heavy atom. The number of nitrogens with zero attached hydrogens (tertiary/aromatic N) is 1. The third kappa shape index (κ3) is 3.75. The van der Waals surface area contributed by atoms with Gasteiger partial charge >= 0.3 is 5.97 Å². The Labute approximate surface area is 136 Å². The molecule has 0 aliphatic carbocycles. The largest absolute Gasteiger partial charge is 0.481 e. The van der Waals surface area contributed by atoms with E-state index in [1.807, 2.05) is 0 Å². The van der Waals surface area contributed by atoms with Crippen molar-refractivity contribution in [1.82, 2.24) is 0 Å². The number of nitro benzene ring substituents is 1. The molecule has 2 aromatic carbocycles. The quantitative estimate of drug-likeness (QED) is 0.649. The van der Waals surface area contributed by atoms with Gasteiger partial charge in [-0.15, -0.1) is 0 Å². The molecule has 22 heavy (non-hydrogen) atoms. The Morgan fingerprint density at radius 1 is 1.23 bits per heavy atom. The van der Waals surface area contributed by atoms with Gasteiger partial charge < -0.3 is 5.11 Å². The number of halogens is 2. The van der Waals surface area contributed by atoms with Gasteiger partial charge in [-0.3, -0.25) is 14.9 Å². The molecule has 5 nitrogen and oxygen atoms in total. The van der Waals surface area contributed by atoms with E-state index >= 15 is 0 Å². The third-order valence-corrected chi connectivity index (χ3v) is 3.77. The Bertz CT molecular complexity index is 733. The van der Waals surface area contributed by atoms with E-state index in [1.165, 1.54) is 30.3 Å². The molecule has 0 radical (unpaired) electrons. The summed E-state index contributed by atoms with van der Waals surface area (Å²) in [4.78, 5) is 21.8. The Hall–Kier alpha value is -2.11. The third-order valence-electron chi connectivity index (χ3n) is 3.19. The van der Waals surface area contributed by atoms with Crippen molar-refractivity contribution in [2.24, 2.45) is 0 Å².